The van der Waals surface area contributed by atoms with Crippen LogP contribution >= 0.6 is 11.6 Å². The van der Waals surface area contributed by atoms with E-state index in [9.17, 15) is 4.79 Å². The second-order valence-corrected chi connectivity index (χ2v) is 3.84. The molecule has 4 nitrogen and oxygen atoms in total. The van der Waals surface area contributed by atoms with Gasteiger partial charge in [-0.1, -0.05) is 18.5 Å². The zero-order valence-corrected chi connectivity index (χ0v) is 9.88. The maximum atomic E-state index is 12.1. The summed E-state index contributed by atoms with van der Waals surface area (Å²) in [6.45, 7) is 1.96. The molecule has 0 aliphatic rings. The quantitative estimate of drug-likeness (QED) is 0.866. The smallest absolute Gasteiger partial charge is 0.280 e. The molecule has 0 atom stereocenters. The minimum absolute atomic E-state index is 0.119. The van der Waals surface area contributed by atoms with E-state index in [4.69, 9.17) is 11.6 Å². The van der Waals surface area contributed by atoms with Gasteiger partial charge in [0.05, 0.1) is 10.9 Å². The van der Waals surface area contributed by atoms with Crippen molar-refractivity contribution in [2.24, 2.45) is 0 Å². The van der Waals surface area contributed by atoms with Crippen molar-refractivity contribution in [3.8, 4) is 0 Å². The molecular weight excluding hydrogens is 226 g/mol. The van der Waals surface area contributed by atoms with Crippen molar-refractivity contribution in [3.63, 3.8) is 0 Å². The number of aromatic nitrogens is 2. The lowest BCUT2D eigenvalue weighted by Gasteiger charge is -2.10. The molecule has 84 valence electrons. The minimum Gasteiger partial charge on any atom is -0.325 e. The van der Waals surface area contributed by atoms with Gasteiger partial charge < -0.3 is 5.43 Å². The van der Waals surface area contributed by atoms with Crippen LogP contribution in [-0.4, -0.2) is 16.7 Å². The van der Waals surface area contributed by atoms with Crippen LogP contribution in [0, 0.1) is 0 Å². The Bertz CT molecular complexity index is 592. The summed E-state index contributed by atoms with van der Waals surface area (Å²) in [4.78, 5) is 16.5. The van der Waals surface area contributed by atoms with Gasteiger partial charge in [0.15, 0.2) is 0 Å². The maximum Gasteiger partial charge on any atom is 0.280 e. The molecule has 0 unspecified atom stereocenters. The summed E-state index contributed by atoms with van der Waals surface area (Å²) in [6, 6.07) is 5.14. The van der Waals surface area contributed by atoms with E-state index in [0.717, 1.165) is 0 Å². The third-order valence-electron chi connectivity index (χ3n) is 2.44. The highest BCUT2D eigenvalue weighted by Crippen LogP contribution is 2.15. The standard InChI is InChI=1S/C11H12ClN3O/c1-3-10-14-9-5-4-7(12)6-8(9)11(16)15(10)13-2/h4-6,13H,3H2,1-2H3. The predicted octanol–water partition coefficient (Wildman–Crippen LogP) is 1.79. The van der Waals surface area contributed by atoms with Gasteiger partial charge in [-0.2, -0.15) is 0 Å². The molecule has 2 rings (SSSR count). The molecule has 0 saturated carbocycles. The molecule has 1 aromatic heterocycles. The van der Waals surface area contributed by atoms with Gasteiger partial charge in [-0.05, 0) is 18.2 Å². The largest absolute Gasteiger partial charge is 0.325 e. The highest BCUT2D eigenvalue weighted by atomic mass is 35.5. The van der Waals surface area contributed by atoms with Crippen LogP contribution in [0.15, 0.2) is 23.0 Å². The van der Waals surface area contributed by atoms with Crippen LogP contribution in [0.4, 0.5) is 0 Å². The Hall–Kier alpha value is -1.55. The third kappa shape index (κ3) is 1.65. The summed E-state index contributed by atoms with van der Waals surface area (Å²) < 4.78 is 1.44. The summed E-state index contributed by atoms with van der Waals surface area (Å²) in [6.07, 6.45) is 0.689. The Morgan fingerprint density at radius 1 is 1.50 bits per heavy atom. The molecule has 0 amide bonds. The lowest BCUT2D eigenvalue weighted by atomic mass is 10.2. The number of benzene rings is 1. The van der Waals surface area contributed by atoms with Crippen LogP contribution in [0.2, 0.25) is 5.02 Å². The van der Waals surface area contributed by atoms with Gasteiger partial charge in [-0.3, -0.25) is 4.79 Å². The lowest BCUT2D eigenvalue weighted by molar-refractivity contribution is 0.764. The van der Waals surface area contributed by atoms with Crippen LogP contribution < -0.4 is 11.0 Å². The fourth-order valence-electron chi connectivity index (χ4n) is 1.67. The SMILES string of the molecule is CCc1nc2ccc(Cl)cc2c(=O)n1NC. The molecule has 5 heteroatoms. The molecular formula is C11H12ClN3O. The van der Waals surface area contributed by atoms with Crippen LogP contribution in [0.5, 0.6) is 0 Å². The van der Waals surface area contributed by atoms with Gasteiger partial charge in [0.25, 0.3) is 5.56 Å². The van der Waals surface area contributed by atoms with Crippen LogP contribution in [-0.2, 0) is 6.42 Å². The van der Waals surface area contributed by atoms with Crippen molar-refractivity contribution in [1.82, 2.24) is 9.66 Å². The van der Waals surface area contributed by atoms with Gasteiger partial charge in [-0.15, -0.1) is 0 Å². The first-order chi connectivity index (χ1) is 7.67. The van der Waals surface area contributed by atoms with Gasteiger partial charge in [0.1, 0.15) is 5.82 Å². The average Bonchev–Trinajstić information content (AvgIpc) is 2.29. The molecule has 1 N–H and O–H groups in total. The van der Waals surface area contributed by atoms with Gasteiger partial charge >= 0.3 is 0 Å². The number of nitrogens with zero attached hydrogens (tertiary/aromatic N) is 2. The van der Waals surface area contributed by atoms with Crippen molar-refractivity contribution >= 4 is 22.5 Å². The second kappa shape index (κ2) is 4.14. The number of fused-ring (bicyclic) bond motifs is 1. The Morgan fingerprint density at radius 3 is 2.88 bits per heavy atom. The zero-order chi connectivity index (χ0) is 11.7. The molecule has 0 saturated heterocycles. The van der Waals surface area contributed by atoms with Crippen LogP contribution in [0.25, 0.3) is 10.9 Å². The fourth-order valence-corrected chi connectivity index (χ4v) is 1.84. The Morgan fingerprint density at radius 2 is 2.25 bits per heavy atom. The first-order valence-corrected chi connectivity index (χ1v) is 5.44. The Balaban J connectivity index is 2.88. The summed E-state index contributed by atoms with van der Waals surface area (Å²) in [5.74, 6) is 0.710. The average molecular weight is 238 g/mol. The molecule has 0 aliphatic heterocycles. The van der Waals surface area contributed by atoms with E-state index >= 15 is 0 Å². The van der Waals surface area contributed by atoms with Crippen molar-refractivity contribution in [2.45, 2.75) is 13.3 Å². The van der Waals surface area contributed by atoms with Crippen molar-refractivity contribution in [3.05, 3.63) is 39.4 Å². The molecule has 0 bridgehead atoms. The van der Waals surface area contributed by atoms with Gasteiger partial charge in [0.2, 0.25) is 0 Å². The van der Waals surface area contributed by atoms with Gasteiger partial charge in [-0.25, -0.2) is 9.66 Å². The number of halogens is 1. The third-order valence-corrected chi connectivity index (χ3v) is 2.67. The van der Waals surface area contributed by atoms with E-state index in [1.165, 1.54) is 4.68 Å². The summed E-state index contributed by atoms with van der Waals surface area (Å²) >= 11 is 5.86. The number of hydrogen-bond donors (Lipinski definition) is 1. The van der Waals surface area contributed by atoms with E-state index < -0.39 is 0 Å². The lowest BCUT2D eigenvalue weighted by Crippen LogP contribution is -2.30. The van der Waals surface area contributed by atoms with E-state index in [-0.39, 0.29) is 5.56 Å². The monoisotopic (exact) mass is 237 g/mol. The fraction of sp³-hybridized carbons (Fsp3) is 0.273. The molecule has 0 aliphatic carbocycles. The molecule has 0 radical (unpaired) electrons. The van der Waals surface area contributed by atoms with E-state index in [1.807, 2.05) is 6.92 Å². The molecule has 1 heterocycles. The highest BCUT2D eigenvalue weighted by molar-refractivity contribution is 6.31. The molecule has 0 spiro atoms. The highest BCUT2D eigenvalue weighted by Gasteiger charge is 2.08. The predicted molar refractivity (Wildman–Crippen MR) is 65.7 cm³/mol. The second-order valence-electron chi connectivity index (χ2n) is 3.41. The number of nitrogens with one attached hydrogen (secondary N) is 1. The van der Waals surface area contributed by atoms with E-state index in [0.29, 0.717) is 28.2 Å². The minimum atomic E-state index is -0.119. The van der Waals surface area contributed by atoms with Crippen molar-refractivity contribution in [1.29, 1.82) is 0 Å². The number of rotatable bonds is 2. The first kappa shape index (κ1) is 11.0. The van der Waals surface area contributed by atoms with Crippen molar-refractivity contribution in [2.75, 3.05) is 12.5 Å². The van der Waals surface area contributed by atoms with Gasteiger partial charge in [0, 0.05) is 18.5 Å². The molecule has 1 aromatic carbocycles. The Labute approximate surface area is 97.8 Å². The molecule has 0 fully saturated rings. The normalized spacial score (nSPS) is 10.7. The van der Waals surface area contributed by atoms with E-state index in [1.54, 1.807) is 25.2 Å². The summed E-state index contributed by atoms with van der Waals surface area (Å²) in [5, 5.41) is 1.07. The maximum absolute atomic E-state index is 12.1. The topological polar surface area (TPSA) is 46.9 Å². The summed E-state index contributed by atoms with van der Waals surface area (Å²) in [7, 11) is 1.69. The number of aryl methyl sites for hydroxylation is 1. The molecule has 16 heavy (non-hydrogen) atoms. The molecule has 2 aromatic rings. The van der Waals surface area contributed by atoms with Crippen LogP contribution in [0.3, 0.4) is 0 Å². The zero-order valence-electron chi connectivity index (χ0n) is 9.12. The van der Waals surface area contributed by atoms with Crippen molar-refractivity contribution < 1.29 is 0 Å². The first-order valence-electron chi connectivity index (χ1n) is 5.06. The van der Waals surface area contributed by atoms with Crippen LogP contribution in [0.1, 0.15) is 12.7 Å². The number of hydrogen-bond acceptors (Lipinski definition) is 3. The van der Waals surface area contributed by atoms with E-state index in [2.05, 4.69) is 10.4 Å². The summed E-state index contributed by atoms with van der Waals surface area (Å²) in [5.41, 5.74) is 3.38. The Kier molecular flexibility index (Phi) is 2.83.